The molecule has 7 heteroatoms. The Morgan fingerprint density at radius 1 is 1.07 bits per heavy atom. The van der Waals surface area contributed by atoms with Gasteiger partial charge < -0.3 is 19.4 Å². The van der Waals surface area contributed by atoms with Crippen molar-refractivity contribution in [2.45, 2.75) is 13.0 Å². The van der Waals surface area contributed by atoms with Gasteiger partial charge in [0, 0.05) is 23.0 Å². The van der Waals surface area contributed by atoms with E-state index in [1.807, 2.05) is 60.7 Å². The average Bonchev–Trinajstić information content (AvgIpc) is 3.21. The second-order valence-corrected chi connectivity index (χ2v) is 7.52. The van der Waals surface area contributed by atoms with Crippen LogP contribution in [0.15, 0.2) is 69.6 Å². The highest BCUT2D eigenvalue weighted by Gasteiger charge is 2.25. The number of hydrogen-bond donors (Lipinski definition) is 1. The van der Waals surface area contributed by atoms with Gasteiger partial charge >= 0.3 is 0 Å². The first-order valence-electron chi connectivity index (χ1n) is 9.24. The fourth-order valence-corrected chi connectivity index (χ4v) is 3.39. The van der Waals surface area contributed by atoms with Crippen LogP contribution >= 0.6 is 15.9 Å². The minimum atomic E-state index is -0.151. The van der Waals surface area contributed by atoms with E-state index in [1.165, 1.54) is 0 Å². The molecular weight excluding hydrogens is 436 g/mol. The van der Waals surface area contributed by atoms with E-state index in [0.29, 0.717) is 30.3 Å². The fraction of sp³-hybridized carbons (Fsp3) is 0.182. The highest BCUT2D eigenvalue weighted by Crippen LogP contribution is 2.31. The van der Waals surface area contributed by atoms with E-state index in [1.54, 1.807) is 4.90 Å². The Bertz CT molecular complexity index is 1030. The predicted octanol–water partition coefficient (Wildman–Crippen LogP) is 4.14. The van der Waals surface area contributed by atoms with Crippen LogP contribution in [-0.2, 0) is 16.1 Å². The summed E-state index contributed by atoms with van der Waals surface area (Å²) in [6, 6.07) is 18.9. The molecule has 0 atom stereocenters. The normalized spacial score (nSPS) is 13.0. The number of ether oxygens (including phenoxy) is 1. The number of rotatable bonds is 6. The van der Waals surface area contributed by atoms with E-state index < -0.39 is 0 Å². The minimum absolute atomic E-state index is 0.0101. The number of nitrogens with one attached hydrogen (secondary N) is 1. The molecule has 2 amide bonds. The molecule has 0 fully saturated rings. The number of amides is 2. The van der Waals surface area contributed by atoms with Crippen molar-refractivity contribution in [2.75, 3.05) is 18.1 Å². The van der Waals surface area contributed by atoms with Crippen LogP contribution in [0.2, 0.25) is 0 Å². The molecule has 0 saturated carbocycles. The van der Waals surface area contributed by atoms with Crippen LogP contribution in [-0.4, -0.2) is 25.0 Å². The molecule has 4 rings (SSSR count). The minimum Gasteiger partial charge on any atom is -0.482 e. The number of benzene rings is 2. The van der Waals surface area contributed by atoms with E-state index >= 15 is 0 Å². The van der Waals surface area contributed by atoms with Crippen molar-refractivity contribution in [2.24, 2.45) is 0 Å². The SMILES string of the molecule is O=C(CCN1C(=O)COc2ccccc21)NCc1ccc(-c2ccc(Br)cc2)o1. The van der Waals surface area contributed by atoms with E-state index in [0.717, 1.165) is 15.8 Å². The molecule has 29 heavy (non-hydrogen) atoms. The topological polar surface area (TPSA) is 71.8 Å². The summed E-state index contributed by atoms with van der Waals surface area (Å²) >= 11 is 3.41. The van der Waals surface area contributed by atoms with Gasteiger partial charge in [0.1, 0.15) is 17.3 Å². The number of carbonyl (C=O) groups is 2. The van der Waals surface area contributed by atoms with Crippen LogP contribution in [0.1, 0.15) is 12.2 Å². The zero-order valence-corrected chi connectivity index (χ0v) is 17.1. The zero-order chi connectivity index (χ0) is 20.2. The summed E-state index contributed by atoms with van der Waals surface area (Å²) in [5, 5.41) is 2.84. The summed E-state index contributed by atoms with van der Waals surface area (Å²) in [5.41, 5.74) is 1.66. The van der Waals surface area contributed by atoms with Crippen molar-refractivity contribution in [3.63, 3.8) is 0 Å². The van der Waals surface area contributed by atoms with Gasteiger partial charge in [0.2, 0.25) is 5.91 Å². The lowest BCUT2D eigenvalue weighted by Crippen LogP contribution is -2.41. The summed E-state index contributed by atoms with van der Waals surface area (Å²) in [4.78, 5) is 26.0. The number of carbonyl (C=O) groups excluding carboxylic acids is 2. The first kappa shape index (κ1) is 19.3. The number of halogens is 1. The molecule has 2 aromatic carbocycles. The summed E-state index contributed by atoms with van der Waals surface area (Å²) in [5.74, 6) is 1.77. The largest absolute Gasteiger partial charge is 0.482 e. The summed E-state index contributed by atoms with van der Waals surface area (Å²) in [7, 11) is 0. The second-order valence-electron chi connectivity index (χ2n) is 6.60. The van der Waals surface area contributed by atoms with Crippen molar-refractivity contribution in [1.29, 1.82) is 0 Å². The van der Waals surface area contributed by atoms with Gasteiger partial charge in [-0.2, -0.15) is 0 Å². The van der Waals surface area contributed by atoms with Crippen molar-refractivity contribution < 1.29 is 18.7 Å². The van der Waals surface area contributed by atoms with Crippen LogP contribution < -0.4 is 15.0 Å². The molecule has 1 aliphatic rings. The maximum atomic E-state index is 12.3. The van der Waals surface area contributed by atoms with Crippen molar-refractivity contribution in [3.8, 4) is 17.1 Å². The van der Waals surface area contributed by atoms with Gasteiger partial charge in [0.15, 0.2) is 6.61 Å². The Morgan fingerprint density at radius 2 is 1.86 bits per heavy atom. The summed E-state index contributed by atoms with van der Waals surface area (Å²) in [6.07, 6.45) is 0.195. The number of anilines is 1. The van der Waals surface area contributed by atoms with E-state index in [-0.39, 0.29) is 24.8 Å². The van der Waals surface area contributed by atoms with Crippen LogP contribution in [0.4, 0.5) is 5.69 Å². The average molecular weight is 455 g/mol. The first-order valence-corrected chi connectivity index (χ1v) is 10.0. The Balaban J connectivity index is 1.31. The number of para-hydroxylation sites is 2. The van der Waals surface area contributed by atoms with E-state index in [2.05, 4.69) is 21.2 Å². The second kappa shape index (κ2) is 8.53. The monoisotopic (exact) mass is 454 g/mol. The molecule has 1 N–H and O–H groups in total. The van der Waals surface area contributed by atoms with E-state index in [4.69, 9.17) is 9.15 Å². The van der Waals surface area contributed by atoms with Crippen LogP contribution in [0.5, 0.6) is 5.75 Å². The van der Waals surface area contributed by atoms with Gasteiger partial charge in [-0.05, 0) is 36.4 Å². The summed E-state index contributed by atoms with van der Waals surface area (Å²) < 4.78 is 12.2. The number of hydrogen-bond acceptors (Lipinski definition) is 4. The fourth-order valence-electron chi connectivity index (χ4n) is 3.13. The highest BCUT2D eigenvalue weighted by atomic mass is 79.9. The van der Waals surface area contributed by atoms with Gasteiger partial charge in [0.05, 0.1) is 12.2 Å². The molecule has 148 valence electrons. The third-order valence-electron chi connectivity index (χ3n) is 4.62. The van der Waals surface area contributed by atoms with Crippen LogP contribution in [0.3, 0.4) is 0 Å². The number of fused-ring (bicyclic) bond motifs is 1. The lowest BCUT2D eigenvalue weighted by molar-refractivity contribution is -0.122. The lowest BCUT2D eigenvalue weighted by atomic mass is 10.2. The van der Waals surface area contributed by atoms with Crippen molar-refractivity contribution in [1.82, 2.24) is 5.32 Å². The van der Waals surface area contributed by atoms with E-state index in [9.17, 15) is 9.59 Å². The Kier molecular flexibility index (Phi) is 5.67. The zero-order valence-electron chi connectivity index (χ0n) is 15.6. The van der Waals surface area contributed by atoms with Gasteiger partial charge in [-0.3, -0.25) is 9.59 Å². The quantitative estimate of drug-likeness (QED) is 0.607. The summed E-state index contributed by atoms with van der Waals surface area (Å²) in [6.45, 7) is 0.584. The molecule has 0 saturated heterocycles. The highest BCUT2D eigenvalue weighted by molar-refractivity contribution is 9.10. The number of nitrogens with zero attached hydrogens (tertiary/aromatic N) is 1. The molecule has 0 spiro atoms. The molecule has 6 nitrogen and oxygen atoms in total. The van der Waals surface area contributed by atoms with Crippen molar-refractivity contribution >= 4 is 33.4 Å². The lowest BCUT2D eigenvalue weighted by Gasteiger charge is -2.29. The molecular formula is C22H19BrN2O4. The van der Waals surface area contributed by atoms with Gasteiger partial charge in [0.25, 0.3) is 5.91 Å². The van der Waals surface area contributed by atoms with Gasteiger partial charge in [-0.1, -0.05) is 40.2 Å². The third-order valence-corrected chi connectivity index (χ3v) is 5.15. The van der Waals surface area contributed by atoms with Crippen LogP contribution in [0.25, 0.3) is 11.3 Å². The molecule has 0 aliphatic carbocycles. The molecule has 0 bridgehead atoms. The van der Waals surface area contributed by atoms with Gasteiger partial charge in [-0.15, -0.1) is 0 Å². The van der Waals surface area contributed by atoms with Crippen LogP contribution in [0, 0.1) is 0 Å². The molecule has 1 aliphatic heterocycles. The standard InChI is InChI=1S/C22H19BrN2O4/c23-16-7-5-15(6-8-16)19-10-9-17(29-19)13-24-21(26)11-12-25-18-3-1-2-4-20(18)28-14-22(25)27/h1-10H,11-14H2,(H,24,26). The Morgan fingerprint density at radius 3 is 2.69 bits per heavy atom. The molecule has 3 aromatic rings. The Hall–Kier alpha value is -3.06. The molecule has 0 radical (unpaired) electrons. The Labute approximate surface area is 176 Å². The molecule has 1 aromatic heterocycles. The first-order chi connectivity index (χ1) is 14.1. The maximum Gasteiger partial charge on any atom is 0.265 e. The third kappa shape index (κ3) is 4.51. The predicted molar refractivity (Wildman–Crippen MR) is 113 cm³/mol. The van der Waals surface area contributed by atoms with Gasteiger partial charge in [-0.25, -0.2) is 0 Å². The number of furan rings is 1. The van der Waals surface area contributed by atoms with Crippen molar-refractivity contribution in [3.05, 3.63) is 70.9 Å². The maximum absolute atomic E-state index is 12.3. The molecule has 0 unspecified atom stereocenters. The molecule has 2 heterocycles. The smallest absolute Gasteiger partial charge is 0.265 e.